The van der Waals surface area contributed by atoms with Crippen molar-refractivity contribution in [1.82, 2.24) is 5.32 Å². The van der Waals surface area contributed by atoms with E-state index in [1.165, 1.54) is 19.1 Å². The number of rotatable bonds is 10. The summed E-state index contributed by atoms with van der Waals surface area (Å²) in [5.74, 6) is -7.97. The van der Waals surface area contributed by atoms with Gasteiger partial charge in [-0.1, -0.05) is 39.0 Å². The first-order chi connectivity index (χ1) is 26.2. The predicted octanol–water partition coefficient (Wildman–Crippen LogP) is 2.29. The number of Topliss-reactive ketones (excluding diaryl/α,β-unsaturated/α-hetero) is 1. The maximum Gasteiger partial charge on any atom is 0.407 e. The number of carbonyl (C=O) groups excluding carboxylic acids is 6. The molecule has 0 aromatic heterocycles. The lowest BCUT2D eigenvalue weighted by atomic mass is 9.45. The zero-order valence-electron chi connectivity index (χ0n) is 32.6. The van der Waals surface area contributed by atoms with Gasteiger partial charge in [0, 0.05) is 38.0 Å². The number of carbonyl (C=O) groups is 6. The van der Waals surface area contributed by atoms with Gasteiger partial charge in [0.1, 0.15) is 23.9 Å². The van der Waals surface area contributed by atoms with Gasteiger partial charge in [-0.3, -0.25) is 14.4 Å². The third kappa shape index (κ3) is 6.67. The molecule has 16 nitrogen and oxygen atoms in total. The predicted molar refractivity (Wildman–Crippen MR) is 191 cm³/mol. The molecule has 1 unspecified atom stereocenters. The number of esters is 4. The highest BCUT2D eigenvalue weighted by atomic mass is 16.6. The highest BCUT2D eigenvalue weighted by Crippen LogP contribution is 2.65. The Kier molecular flexibility index (Phi) is 10.9. The summed E-state index contributed by atoms with van der Waals surface area (Å²) in [5.41, 5.74) is -7.69. The Balaban J connectivity index is 1.55. The molecule has 3 saturated carbocycles. The number of hydrogen-bond acceptors (Lipinski definition) is 15. The molecule has 6 rings (SSSR count). The lowest BCUT2D eigenvalue weighted by molar-refractivity contribution is -0.345. The molecular formula is C40H51NO15. The van der Waals surface area contributed by atoms with Crippen molar-refractivity contribution >= 4 is 35.8 Å². The molecule has 16 heteroatoms. The van der Waals surface area contributed by atoms with E-state index in [0.717, 1.165) is 13.8 Å². The fourth-order valence-electron chi connectivity index (χ4n) is 9.60. The highest BCUT2D eigenvalue weighted by Gasteiger charge is 2.78. The number of allylic oxidation sites excluding steroid dienone is 1. The van der Waals surface area contributed by atoms with Crippen LogP contribution >= 0.6 is 0 Å². The molecule has 4 aliphatic carbocycles. The minimum atomic E-state index is -2.35. The third-order valence-corrected chi connectivity index (χ3v) is 12.7. The standard InChI is InChI=1S/C40H51NO15/c1-8-51-36(49)41-28(22-14-15-22)29(45)35(48)54-24-17-40(50)33(55-34(47)23-12-10-9-11-13-23)31-38(7,25(44)16-26-39(31,18-52-26)56-21(4)43)32(46)30(53-20(3)42)27(19(24)2)37(40,5)6/h9-13,19,22,24-26,28-29,31,33,44-45,50H,8,14-18H2,1-7H3,(H,41,49)/t19?,24-,25-,26+,28-,29+,31-,33-,38+,39-,40+/m0/s1. The van der Waals surface area contributed by atoms with Crippen molar-refractivity contribution in [3.63, 3.8) is 0 Å². The molecule has 4 fully saturated rings. The van der Waals surface area contributed by atoms with Gasteiger partial charge in [-0.25, -0.2) is 14.4 Å². The average Bonchev–Trinajstić information content (AvgIpc) is 3.97. The number of amides is 1. The van der Waals surface area contributed by atoms with Gasteiger partial charge in [0.2, 0.25) is 5.78 Å². The third-order valence-electron chi connectivity index (χ3n) is 12.7. The summed E-state index contributed by atoms with van der Waals surface area (Å²) >= 11 is 0. The topological polar surface area (TPSA) is 231 Å². The van der Waals surface area contributed by atoms with Crippen molar-refractivity contribution < 1.29 is 72.5 Å². The second kappa shape index (κ2) is 14.8. The number of alkyl carbamates (subject to hydrolysis) is 1. The number of fused-ring (bicyclic) bond motifs is 5. The van der Waals surface area contributed by atoms with Gasteiger partial charge in [-0.15, -0.1) is 0 Å². The van der Waals surface area contributed by atoms with Crippen LogP contribution in [0.15, 0.2) is 41.7 Å². The van der Waals surface area contributed by atoms with Crippen LogP contribution in [0.4, 0.5) is 4.79 Å². The van der Waals surface area contributed by atoms with Gasteiger partial charge in [-0.2, -0.15) is 0 Å². The first-order valence-electron chi connectivity index (χ1n) is 19.0. The van der Waals surface area contributed by atoms with E-state index < -0.39 is 118 Å². The van der Waals surface area contributed by atoms with Crippen LogP contribution in [0.2, 0.25) is 0 Å². The molecule has 56 heavy (non-hydrogen) atoms. The van der Waals surface area contributed by atoms with Crippen LogP contribution < -0.4 is 5.32 Å². The van der Waals surface area contributed by atoms with E-state index in [9.17, 15) is 39.3 Å². The number of hydrogen-bond donors (Lipinski definition) is 4. The van der Waals surface area contributed by atoms with Gasteiger partial charge in [0.05, 0.1) is 42.3 Å². The smallest absolute Gasteiger partial charge is 0.407 e. The van der Waals surface area contributed by atoms with Crippen LogP contribution in [0.25, 0.3) is 0 Å². The van der Waals surface area contributed by atoms with Gasteiger partial charge < -0.3 is 49.1 Å². The maximum absolute atomic E-state index is 15.3. The fraction of sp³-hybridized carbons (Fsp3) is 0.650. The molecule has 1 saturated heterocycles. The Hall–Kier alpha value is -4.38. The Labute approximate surface area is 324 Å². The van der Waals surface area contributed by atoms with E-state index >= 15 is 4.79 Å². The molecule has 1 amide bonds. The molecule has 1 aromatic rings. The Morgan fingerprint density at radius 2 is 1.68 bits per heavy atom. The molecule has 1 aromatic carbocycles. The van der Waals surface area contributed by atoms with Gasteiger partial charge in [0.25, 0.3) is 0 Å². The van der Waals surface area contributed by atoms with E-state index in [2.05, 4.69) is 5.32 Å². The molecule has 2 bridgehead atoms. The molecular weight excluding hydrogens is 734 g/mol. The average molecular weight is 786 g/mol. The monoisotopic (exact) mass is 785 g/mol. The molecule has 1 aliphatic heterocycles. The second-order valence-electron chi connectivity index (χ2n) is 16.4. The number of ether oxygens (including phenoxy) is 6. The molecule has 4 N–H and O–H groups in total. The van der Waals surface area contributed by atoms with E-state index in [1.54, 1.807) is 45.9 Å². The summed E-state index contributed by atoms with van der Waals surface area (Å²) in [5, 5.41) is 39.3. The maximum atomic E-state index is 15.3. The van der Waals surface area contributed by atoms with Crippen LogP contribution in [0.3, 0.4) is 0 Å². The van der Waals surface area contributed by atoms with Crippen LogP contribution in [-0.2, 0) is 47.6 Å². The lowest BCUT2D eigenvalue weighted by Crippen LogP contribution is -2.81. The summed E-state index contributed by atoms with van der Waals surface area (Å²) < 4.78 is 34.9. The van der Waals surface area contributed by atoms with Crippen molar-refractivity contribution in [1.29, 1.82) is 0 Å². The van der Waals surface area contributed by atoms with Crippen molar-refractivity contribution in [3.8, 4) is 0 Å². The summed E-state index contributed by atoms with van der Waals surface area (Å²) in [7, 11) is 0. The van der Waals surface area contributed by atoms with Crippen LogP contribution in [0.5, 0.6) is 0 Å². The minimum absolute atomic E-state index is 0.0169. The fourth-order valence-corrected chi connectivity index (χ4v) is 9.60. The number of aliphatic hydroxyl groups excluding tert-OH is 2. The number of ketones is 1. The first-order valence-corrected chi connectivity index (χ1v) is 19.0. The van der Waals surface area contributed by atoms with Crippen LogP contribution in [-0.4, -0.2) is 112 Å². The molecule has 11 atom stereocenters. The van der Waals surface area contributed by atoms with Crippen molar-refractivity contribution in [2.24, 2.45) is 28.6 Å². The molecule has 306 valence electrons. The quantitative estimate of drug-likeness (QED) is 0.197. The largest absolute Gasteiger partial charge is 0.460 e. The molecule has 1 heterocycles. The second-order valence-corrected chi connectivity index (χ2v) is 16.4. The Bertz CT molecular complexity index is 1810. The zero-order chi connectivity index (χ0) is 41.1. The minimum Gasteiger partial charge on any atom is -0.460 e. The van der Waals surface area contributed by atoms with E-state index in [0.29, 0.717) is 12.8 Å². The van der Waals surface area contributed by atoms with Crippen molar-refractivity contribution in [3.05, 3.63) is 47.2 Å². The number of aliphatic hydroxyl groups is 3. The first kappa shape index (κ1) is 41.3. The van der Waals surface area contributed by atoms with E-state index in [-0.39, 0.29) is 36.7 Å². The summed E-state index contributed by atoms with van der Waals surface area (Å²) in [4.78, 5) is 81.4. The van der Waals surface area contributed by atoms with Gasteiger partial charge in [-0.05, 0) is 50.3 Å². The molecule has 5 aliphatic rings. The van der Waals surface area contributed by atoms with E-state index in [1.807, 2.05) is 0 Å². The normalized spacial score (nSPS) is 35.4. The molecule has 0 spiro atoms. The zero-order valence-corrected chi connectivity index (χ0v) is 32.6. The Morgan fingerprint density at radius 1 is 1.02 bits per heavy atom. The Morgan fingerprint density at radius 3 is 2.23 bits per heavy atom. The van der Waals surface area contributed by atoms with Gasteiger partial charge >= 0.3 is 30.0 Å². The number of nitrogens with one attached hydrogen (secondary N) is 1. The van der Waals surface area contributed by atoms with Crippen molar-refractivity contribution in [2.45, 2.75) is 122 Å². The lowest BCUT2D eigenvalue weighted by Gasteiger charge is -2.67. The summed E-state index contributed by atoms with van der Waals surface area (Å²) in [6.45, 7) is 9.69. The van der Waals surface area contributed by atoms with Crippen molar-refractivity contribution in [2.75, 3.05) is 13.2 Å². The number of benzene rings is 1. The summed E-state index contributed by atoms with van der Waals surface area (Å²) in [6.07, 6.45) is -7.90. The van der Waals surface area contributed by atoms with Gasteiger partial charge in [0.15, 0.2) is 17.5 Å². The van der Waals surface area contributed by atoms with Crippen LogP contribution in [0.1, 0.15) is 84.5 Å². The SMILES string of the molecule is CCOC(=O)N[C@@H](C1CC1)[C@@H](O)C(=O)O[C@H]1C[C@@]2(O)[C@@H](OC(=O)c3ccccc3)[C@@H]3[C@]4(OC(C)=O)CO[C@@H]4C[C@H](O)[C@@]3(C)C(=O)C(OC(C)=O)=C(C1C)C2(C)C. The summed E-state index contributed by atoms with van der Waals surface area (Å²) in [6, 6.07) is 6.78. The van der Waals surface area contributed by atoms with Crippen LogP contribution in [0, 0.1) is 28.6 Å². The highest BCUT2D eigenvalue weighted by molar-refractivity contribution is 6.02. The molecule has 0 radical (unpaired) electrons. The van der Waals surface area contributed by atoms with E-state index in [4.69, 9.17) is 28.4 Å².